The summed E-state index contributed by atoms with van der Waals surface area (Å²) in [6.07, 6.45) is 5.02. The molecule has 4 aromatic rings. The van der Waals surface area contributed by atoms with Gasteiger partial charge in [0.05, 0.1) is 35.4 Å². The first kappa shape index (κ1) is 17.7. The largest absolute Gasteiger partial charge is 0.495 e. The highest BCUT2D eigenvalue weighted by Gasteiger charge is 2.34. The molecule has 1 fully saturated rings. The van der Waals surface area contributed by atoms with Gasteiger partial charge in [0.25, 0.3) is 0 Å². The number of aliphatic hydroxyl groups is 1. The van der Waals surface area contributed by atoms with Crippen LogP contribution in [0.4, 0.5) is 0 Å². The van der Waals surface area contributed by atoms with Gasteiger partial charge in [0, 0.05) is 4.88 Å². The highest BCUT2D eigenvalue weighted by atomic mass is 35.5. The molecule has 0 spiro atoms. The molecule has 1 saturated carbocycles. The van der Waals surface area contributed by atoms with Gasteiger partial charge >= 0.3 is 0 Å². The zero-order chi connectivity index (χ0) is 19.4. The summed E-state index contributed by atoms with van der Waals surface area (Å²) in [5, 5.41) is 20.3. The van der Waals surface area contributed by atoms with E-state index in [2.05, 4.69) is 15.3 Å². The third-order valence-electron chi connectivity index (χ3n) is 5.11. The Kier molecular flexibility index (Phi) is 4.15. The molecule has 0 aliphatic heterocycles. The Morgan fingerprint density at radius 3 is 2.89 bits per heavy atom. The molecule has 1 N–H and O–H groups in total. The molecule has 5 rings (SSSR count). The predicted molar refractivity (Wildman–Crippen MR) is 107 cm³/mol. The lowest BCUT2D eigenvalue weighted by atomic mass is 10.1. The third kappa shape index (κ3) is 2.71. The predicted octanol–water partition coefficient (Wildman–Crippen LogP) is 3.91. The summed E-state index contributed by atoms with van der Waals surface area (Å²) in [6.45, 7) is 1.89. The lowest BCUT2D eigenvalue weighted by Gasteiger charge is -2.12. The van der Waals surface area contributed by atoms with Crippen LogP contribution in [0.2, 0.25) is 5.02 Å². The first-order valence-corrected chi connectivity index (χ1v) is 10.2. The standard InChI is InChI=1S/C19H18ClN5O2S/c1-10-16(22-23-25(10)12-5-6-14(27-2)13(20)7-12)18(26)17-19(11-3-4-11)28-15-8-21-9-24(15)17/h5-9,11,18,26H,3-4H2,1-2H3. The van der Waals surface area contributed by atoms with Crippen molar-refractivity contribution >= 4 is 27.8 Å². The van der Waals surface area contributed by atoms with Crippen molar-refractivity contribution in [2.45, 2.75) is 31.8 Å². The number of thiazole rings is 1. The van der Waals surface area contributed by atoms with Crippen LogP contribution in [-0.2, 0) is 0 Å². The van der Waals surface area contributed by atoms with Crippen LogP contribution in [0.25, 0.3) is 10.5 Å². The molecule has 1 atom stereocenters. The molecule has 0 amide bonds. The zero-order valence-corrected chi connectivity index (χ0v) is 16.9. The van der Waals surface area contributed by atoms with Gasteiger partial charge in [-0.05, 0) is 43.9 Å². The number of aromatic nitrogens is 5. The Labute approximate surface area is 170 Å². The number of nitrogens with zero attached hydrogens (tertiary/aromatic N) is 5. The maximum Gasteiger partial charge on any atom is 0.141 e. The van der Waals surface area contributed by atoms with Crippen LogP contribution in [0.3, 0.4) is 0 Å². The maximum absolute atomic E-state index is 11.2. The number of methoxy groups -OCH3 is 1. The van der Waals surface area contributed by atoms with Crippen molar-refractivity contribution in [1.82, 2.24) is 24.4 Å². The Balaban J connectivity index is 1.57. The second-order valence-electron chi connectivity index (χ2n) is 6.92. The molecular formula is C19H18ClN5O2S. The Bertz CT molecular complexity index is 1180. The average molecular weight is 416 g/mol. The second-order valence-corrected chi connectivity index (χ2v) is 8.39. The van der Waals surface area contributed by atoms with E-state index in [4.69, 9.17) is 16.3 Å². The normalized spacial score (nSPS) is 15.3. The van der Waals surface area contributed by atoms with Crippen molar-refractivity contribution in [2.24, 2.45) is 0 Å². The highest BCUT2D eigenvalue weighted by Crippen LogP contribution is 2.47. The number of aliphatic hydroxyl groups excluding tert-OH is 1. The summed E-state index contributed by atoms with van der Waals surface area (Å²) < 4.78 is 8.85. The maximum atomic E-state index is 11.2. The van der Waals surface area contributed by atoms with E-state index in [1.54, 1.807) is 41.6 Å². The van der Waals surface area contributed by atoms with Crippen molar-refractivity contribution in [3.05, 3.63) is 57.7 Å². The molecule has 28 heavy (non-hydrogen) atoms. The minimum absolute atomic E-state index is 0.492. The van der Waals surface area contributed by atoms with E-state index in [1.165, 1.54) is 4.88 Å². The lowest BCUT2D eigenvalue weighted by Crippen LogP contribution is -2.08. The number of benzene rings is 1. The first-order valence-electron chi connectivity index (χ1n) is 8.97. The lowest BCUT2D eigenvalue weighted by molar-refractivity contribution is 0.207. The number of hydrogen-bond acceptors (Lipinski definition) is 6. The van der Waals surface area contributed by atoms with Crippen LogP contribution >= 0.6 is 22.9 Å². The van der Waals surface area contributed by atoms with E-state index in [1.807, 2.05) is 23.6 Å². The number of imidazole rings is 1. The Morgan fingerprint density at radius 2 is 2.18 bits per heavy atom. The Morgan fingerprint density at radius 1 is 1.36 bits per heavy atom. The van der Waals surface area contributed by atoms with E-state index in [9.17, 15) is 5.11 Å². The smallest absolute Gasteiger partial charge is 0.141 e. The number of halogens is 1. The molecule has 0 radical (unpaired) electrons. The van der Waals surface area contributed by atoms with Gasteiger partial charge in [0.15, 0.2) is 0 Å². The van der Waals surface area contributed by atoms with Crippen LogP contribution in [0.15, 0.2) is 30.7 Å². The molecule has 1 aliphatic carbocycles. The van der Waals surface area contributed by atoms with Crippen LogP contribution in [0.5, 0.6) is 5.75 Å². The van der Waals surface area contributed by atoms with Crippen LogP contribution in [-0.4, -0.2) is 36.6 Å². The van der Waals surface area contributed by atoms with Crippen LogP contribution in [0, 0.1) is 6.92 Å². The van der Waals surface area contributed by atoms with Crippen LogP contribution < -0.4 is 4.74 Å². The molecule has 1 unspecified atom stereocenters. The molecule has 7 nitrogen and oxygen atoms in total. The van der Waals surface area contributed by atoms with E-state index in [0.717, 1.165) is 34.7 Å². The fourth-order valence-electron chi connectivity index (χ4n) is 3.48. The minimum Gasteiger partial charge on any atom is -0.495 e. The zero-order valence-electron chi connectivity index (χ0n) is 15.3. The van der Waals surface area contributed by atoms with Gasteiger partial charge in [-0.25, -0.2) is 9.67 Å². The van der Waals surface area contributed by atoms with Gasteiger partial charge < -0.3 is 9.84 Å². The molecule has 0 saturated heterocycles. The highest BCUT2D eigenvalue weighted by molar-refractivity contribution is 7.17. The minimum atomic E-state index is -0.874. The quantitative estimate of drug-likeness (QED) is 0.534. The SMILES string of the molecule is COc1ccc(-n2nnc(C(O)c3c(C4CC4)sc4cncn34)c2C)cc1Cl. The van der Waals surface area contributed by atoms with Crippen molar-refractivity contribution < 1.29 is 9.84 Å². The molecule has 3 heterocycles. The van der Waals surface area contributed by atoms with E-state index in [0.29, 0.717) is 22.4 Å². The van der Waals surface area contributed by atoms with Gasteiger partial charge in [-0.1, -0.05) is 16.8 Å². The van der Waals surface area contributed by atoms with E-state index in [-0.39, 0.29) is 0 Å². The van der Waals surface area contributed by atoms with Crippen LogP contribution in [0.1, 0.15) is 46.8 Å². The molecule has 0 bridgehead atoms. The number of ether oxygens (including phenoxy) is 1. The first-order chi connectivity index (χ1) is 13.6. The monoisotopic (exact) mass is 415 g/mol. The molecular weight excluding hydrogens is 398 g/mol. The summed E-state index contributed by atoms with van der Waals surface area (Å²) in [7, 11) is 1.57. The number of rotatable bonds is 5. The summed E-state index contributed by atoms with van der Waals surface area (Å²) in [5.41, 5.74) is 2.90. The summed E-state index contributed by atoms with van der Waals surface area (Å²) in [4.78, 5) is 6.46. The number of hydrogen-bond donors (Lipinski definition) is 1. The summed E-state index contributed by atoms with van der Waals surface area (Å²) >= 11 is 7.95. The van der Waals surface area contributed by atoms with E-state index >= 15 is 0 Å². The summed E-state index contributed by atoms with van der Waals surface area (Å²) in [5.74, 6) is 1.11. The molecule has 9 heteroatoms. The fourth-order valence-corrected chi connectivity index (χ4v) is 5.03. The van der Waals surface area contributed by atoms with Gasteiger partial charge in [-0.3, -0.25) is 4.40 Å². The fraction of sp³-hybridized carbons (Fsp3) is 0.316. The van der Waals surface area contributed by atoms with Gasteiger partial charge in [-0.2, -0.15) is 0 Å². The van der Waals surface area contributed by atoms with Crippen molar-refractivity contribution in [3.8, 4) is 11.4 Å². The number of fused-ring (bicyclic) bond motifs is 1. The third-order valence-corrected chi connectivity index (χ3v) is 6.68. The van der Waals surface area contributed by atoms with Crippen molar-refractivity contribution in [3.63, 3.8) is 0 Å². The molecule has 1 aromatic carbocycles. The molecule has 144 valence electrons. The van der Waals surface area contributed by atoms with Gasteiger partial charge in [0.1, 0.15) is 28.7 Å². The van der Waals surface area contributed by atoms with Crippen molar-refractivity contribution in [1.29, 1.82) is 0 Å². The van der Waals surface area contributed by atoms with Gasteiger partial charge in [-0.15, -0.1) is 16.4 Å². The molecule has 3 aromatic heterocycles. The van der Waals surface area contributed by atoms with Crippen molar-refractivity contribution in [2.75, 3.05) is 7.11 Å². The van der Waals surface area contributed by atoms with Gasteiger partial charge in [0.2, 0.25) is 0 Å². The topological polar surface area (TPSA) is 77.5 Å². The van der Waals surface area contributed by atoms with E-state index < -0.39 is 6.10 Å². The Hall–Kier alpha value is -2.42. The second kappa shape index (κ2) is 6.58. The average Bonchev–Trinajstić information content (AvgIpc) is 3.14. The molecule has 1 aliphatic rings. The summed E-state index contributed by atoms with van der Waals surface area (Å²) in [6, 6.07) is 5.41.